The number of aromatic nitrogens is 2. The summed E-state index contributed by atoms with van der Waals surface area (Å²) in [5.74, 6) is 1.32. The molecule has 0 aliphatic carbocycles. The molecule has 4 rings (SSSR count). The van der Waals surface area contributed by atoms with E-state index in [1.165, 1.54) is 15.4 Å². The van der Waals surface area contributed by atoms with E-state index in [1.807, 2.05) is 48.5 Å². The summed E-state index contributed by atoms with van der Waals surface area (Å²) < 4.78 is 5.84. The first-order chi connectivity index (χ1) is 14.7. The topological polar surface area (TPSA) is 76.9 Å². The van der Waals surface area contributed by atoms with Gasteiger partial charge in [-0.2, -0.15) is 0 Å². The number of nitrogens with zero attached hydrogens (tertiary/aromatic N) is 2. The summed E-state index contributed by atoms with van der Waals surface area (Å²) in [7, 11) is 0. The van der Waals surface area contributed by atoms with E-state index in [2.05, 4.69) is 28.5 Å². The van der Waals surface area contributed by atoms with Crippen LogP contribution >= 0.6 is 0 Å². The number of benzene rings is 2. The molecule has 0 unspecified atom stereocenters. The van der Waals surface area contributed by atoms with Crippen LogP contribution in [0.2, 0.25) is 0 Å². The quantitative estimate of drug-likeness (QED) is 0.524. The molecule has 0 saturated carbocycles. The molecule has 1 aliphatic heterocycles. The van der Waals surface area contributed by atoms with Crippen LogP contribution in [-0.2, 0) is 17.8 Å². The van der Waals surface area contributed by atoms with Crippen molar-refractivity contribution in [3.8, 4) is 11.5 Å². The van der Waals surface area contributed by atoms with Crippen LogP contribution in [0.3, 0.4) is 0 Å². The minimum Gasteiger partial charge on any atom is -0.415 e. The lowest BCUT2D eigenvalue weighted by Crippen LogP contribution is -3.28. The summed E-state index contributed by atoms with van der Waals surface area (Å²) in [6.07, 6.45) is 0.910. The van der Waals surface area contributed by atoms with Gasteiger partial charge in [-0.3, -0.25) is 4.79 Å². The van der Waals surface area contributed by atoms with Crippen molar-refractivity contribution in [2.24, 2.45) is 0 Å². The highest BCUT2D eigenvalue weighted by Gasteiger charge is 2.26. The summed E-state index contributed by atoms with van der Waals surface area (Å²) in [5.41, 5.74) is 3.04. The van der Waals surface area contributed by atoms with Crippen LogP contribution in [0.5, 0.6) is 0 Å². The second-order valence-corrected chi connectivity index (χ2v) is 7.78. The number of rotatable bonds is 7. The molecule has 0 bridgehead atoms. The largest absolute Gasteiger partial charge is 0.415 e. The van der Waals surface area contributed by atoms with Crippen molar-refractivity contribution in [3.05, 3.63) is 66.1 Å². The van der Waals surface area contributed by atoms with Gasteiger partial charge >= 0.3 is 0 Å². The maximum Gasteiger partial charge on any atom is 0.279 e. The fourth-order valence-electron chi connectivity index (χ4n) is 3.92. The van der Waals surface area contributed by atoms with Crippen molar-refractivity contribution < 1.29 is 19.0 Å². The Balaban J connectivity index is 1.24. The molecule has 3 aromatic rings. The highest BCUT2D eigenvalue weighted by molar-refractivity contribution is 5.92. The van der Waals surface area contributed by atoms with Gasteiger partial charge in [0.2, 0.25) is 5.89 Å². The molecule has 3 N–H and O–H groups in total. The minimum atomic E-state index is 0.0822. The number of piperazine rings is 1. The molecule has 1 aliphatic rings. The molecule has 1 fully saturated rings. The van der Waals surface area contributed by atoms with Crippen LogP contribution in [0.25, 0.3) is 11.5 Å². The predicted octanol–water partition coefficient (Wildman–Crippen LogP) is 0.221. The average Bonchev–Trinajstić information content (AvgIpc) is 3.24. The van der Waals surface area contributed by atoms with Crippen LogP contribution in [-0.4, -0.2) is 48.8 Å². The minimum absolute atomic E-state index is 0.0822. The summed E-state index contributed by atoms with van der Waals surface area (Å²) in [6, 6.07) is 17.8. The zero-order chi connectivity index (χ0) is 20.8. The van der Waals surface area contributed by atoms with Gasteiger partial charge in [-0.05, 0) is 30.2 Å². The molecule has 1 aromatic heterocycles. The van der Waals surface area contributed by atoms with E-state index in [-0.39, 0.29) is 5.91 Å². The van der Waals surface area contributed by atoms with Gasteiger partial charge < -0.3 is 19.5 Å². The zero-order valence-corrected chi connectivity index (χ0v) is 17.4. The summed E-state index contributed by atoms with van der Waals surface area (Å²) in [4.78, 5) is 15.2. The average molecular weight is 408 g/mol. The van der Waals surface area contributed by atoms with E-state index in [0.29, 0.717) is 18.3 Å². The molecule has 2 aromatic carbocycles. The van der Waals surface area contributed by atoms with Crippen LogP contribution in [0, 0.1) is 0 Å². The first kappa shape index (κ1) is 20.3. The van der Waals surface area contributed by atoms with Gasteiger partial charge in [0.25, 0.3) is 11.8 Å². The summed E-state index contributed by atoms with van der Waals surface area (Å²) >= 11 is 0. The Morgan fingerprint density at radius 2 is 1.67 bits per heavy atom. The van der Waals surface area contributed by atoms with Crippen molar-refractivity contribution in [1.29, 1.82) is 0 Å². The normalized spacial score (nSPS) is 18.8. The van der Waals surface area contributed by atoms with Gasteiger partial charge in [-0.15, -0.1) is 10.2 Å². The number of carbonyl (C=O) groups is 1. The molecule has 2 heterocycles. The maximum atomic E-state index is 12.5. The molecule has 0 atom stereocenters. The van der Waals surface area contributed by atoms with Gasteiger partial charge in [-0.1, -0.05) is 43.3 Å². The molecule has 0 radical (unpaired) electrons. The fourth-order valence-corrected chi connectivity index (χ4v) is 3.92. The first-order valence-electron chi connectivity index (χ1n) is 10.6. The smallest absolute Gasteiger partial charge is 0.279 e. The van der Waals surface area contributed by atoms with E-state index < -0.39 is 0 Å². The van der Waals surface area contributed by atoms with Gasteiger partial charge in [0, 0.05) is 11.3 Å². The number of quaternary nitrogens is 2. The molecular weight excluding hydrogens is 378 g/mol. The van der Waals surface area contributed by atoms with Gasteiger partial charge in [-0.25, -0.2) is 0 Å². The highest BCUT2D eigenvalue weighted by atomic mass is 16.4. The highest BCUT2D eigenvalue weighted by Crippen LogP contribution is 2.16. The SMILES string of the molecule is CCc1ccccc1NC(=O)C[NH+]1CC[NH+](Cc2nnc(-c3ccccc3)o2)CC1. The van der Waals surface area contributed by atoms with E-state index in [4.69, 9.17) is 4.42 Å². The van der Waals surface area contributed by atoms with Crippen molar-refractivity contribution in [3.63, 3.8) is 0 Å². The number of amides is 1. The summed E-state index contributed by atoms with van der Waals surface area (Å²) in [5, 5.41) is 11.5. The lowest BCUT2D eigenvalue weighted by molar-refractivity contribution is -1.02. The molecule has 7 nitrogen and oxygen atoms in total. The summed E-state index contributed by atoms with van der Waals surface area (Å²) in [6.45, 7) is 7.21. The van der Waals surface area contributed by atoms with Gasteiger partial charge in [0.1, 0.15) is 26.2 Å². The number of aryl methyl sites for hydroxylation is 1. The second-order valence-electron chi connectivity index (χ2n) is 7.78. The molecular formula is C23H29N5O2+2. The Morgan fingerprint density at radius 3 is 2.43 bits per heavy atom. The fraction of sp³-hybridized carbons (Fsp3) is 0.348. The van der Waals surface area contributed by atoms with Crippen molar-refractivity contribution in [2.45, 2.75) is 19.9 Å². The standard InChI is InChI=1S/C23H27N5O2/c1-2-18-8-6-7-11-20(18)24-21(29)16-27-12-14-28(15-13-27)17-22-25-26-23(30-22)19-9-4-3-5-10-19/h3-11H,2,12-17H2,1H3,(H,24,29)/p+2. The Labute approximate surface area is 176 Å². The zero-order valence-electron chi connectivity index (χ0n) is 17.4. The molecule has 0 spiro atoms. The molecule has 30 heavy (non-hydrogen) atoms. The number of hydrogen-bond acceptors (Lipinski definition) is 4. The van der Waals surface area contributed by atoms with E-state index >= 15 is 0 Å². The number of nitrogens with one attached hydrogen (secondary N) is 3. The molecule has 1 saturated heterocycles. The number of para-hydroxylation sites is 1. The third-order valence-corrected chi connectivity index (χ3v) is 5.64. The van der Waals surface area contributed by atoms with E-state index in [9.17, 15) is 4.79 Å². The number of carbonyl (C=O) groups excluding carboxylic acids is 1. The monoisotopic (exact) mass is 407 g/mol. The Kier molecular flexibility index (Phi) is 6.51. The van der Waals surface area contributed by atoms with Crippen LogP contribution < -0.4 is 15.1 Å². The van der Waals surface area contributed by atoms with E-state index in [0.717, 1.165) is 50.4 Å². The van der Waals surface area contributed by atoms with Crippen LogP contribution in [0.1, 0.15) is 18.4 Å². The lowest BCUT2D eigenvalue weighted by atomic mass is 10.1. The van der Waals surface area contributed by atoms with Gasteiger partial charge in [0.05, 0.1) is 0 Å². The Bertz CT molecular complexity index is 964. The molecule has 7 heteroatoms. The maximum absolute atomic E-state index is 12.5. The van der Waals surface area contributed by atoms with Crippen LogP contribution in [0.15, 0.2) is 59.0 Å². The van der Waals surface area contributed by atoms with Gasteiger partial charge in [0.15, 0.2) is 13.1 Å². The van der Waals surface area contributed by atoms with Crippen molar-refractivity contribution >= 4 is 11.6 Å². The number of hydrogen-bond donors (Lipinski definition) is 3. The number of anilines is 1. The predicted molar refractivity (Wildman–Crippen MR) is 114 cm³/mol. The Morgan fingerprint density at radius 1 is 0.967 bits per heavy atom. The molecule has 1 amide bonds. The van der Waals surface area contributed by atoms with E-state index in [1.54, 1.807) is 0 Å². The third kappa shape index (κ3) is 5.11. The first-order valence-corrected chi connectivity index (χ1v) is 10.6. The van der Waals surface area contributed by atoms with Crippen molar-refractivity contribution in [1.82, 2.24) is 10.2 Å². The molecule has 156 valence electrons. The lowest BCUT2D eigenvalue weighted by Gasteiger charge is -2.28. The third-order valence-electron chi connectivity index (χ3n) is 5.64. The van der Waals surface area contributed by atoms with Crippen LogP contribution in [0.4, 0.5) is 5.69 Å². The second kappa shape index (κ2) is 9.65. The van der Waals surface area contributed by atoms with Crippen molar-refractivity contribution in [2.75, 3.05) is 38.0 Å². The Hall–Kier alpha value is -3.03.